The van der Waals surface area contributed by atoms with Crippen LogP contribution in [0.15, 0.2) is 35.0 Å². The van der Waals surface area contributed by atoms with Crippen LogP contribution in [0.2, 0.25) is 0 Å². The Balaban J connectivity index is 1.38. The van der Waals surface area contributed by atoms with Crippen LogP contribution in [0.25, 0.3) is 11.0 Å². The van der Waals surface area contributed by atoms with Gasteiger partial charge in [0.2, 0.25) is 0 Å². The van der Waals surface area contributed by atoms with Crippen molar-refractivity contribution in [3.63, 3.8) is 0 Å². The molecule has 4 heterocycles. The van der Waals surface area contributed by atoms with Gasteiger partial charge < -0.3 is 14.3 Å². The predicted octanol–water partition coefficient (Wildman–Crippen LogP) is 3.47. The molecule has 2 aliphatic rings. The van der Waals surface area contributed by atoms with Gasteiger partial charge in [-0.25, -0.2) is 4.98 Å². The van der Waals surface area contributed by atoms with Crippen LogP contribution in [-0.2, 0) is 12.0 Å². The van der Waals surface area contributed by atoms with E-state index in [1.54, 1.807) is 0 Å². The zero-order chi connectivity index (χ0) is 19.3. The molecule has 0 unspecified atom stereocenters. The van der Waals surface area contributed by atoms with Crippen LogP contribution in [0, 0.1) is 6.92 Å². The molecule has 1 spiro atoms. The fourth-order valence-electron chi connectivity index (χ4n) is 5.11. The number of aryl methyl sites for hydroxylation is 1. The highest BCUT2D eigenvalue weighted by atomic mass is 16.3. The lowest BCUT2D eigenvalue weighted by Crippen LogP contribution is -2.57. The number of furan rings is 1. The summed E-state index contributed by atoms with van der Waals surface area (Å²) in [6, 6.07) is 7.71. The van der Waals surface area contributed by atoms with Crippen molar-refractivity contribution < 1.29 is 9.21 Å². The monoisotopic (exact) mass is 378 g/mol. The molecule has 0 saturated carbocycles. The minimum absolute atomic E-state index is 0.0370. The summed E-state index contributed by atoms with van der Waals surface area (Å²) >= 11 is 0. The van der Waals surface area contributed by atoms with Gasteiger partial charge in [0.25, 0.3) is 5.91 Å². The fourth-order valence-corrected chi connectivity index (χ4v) is 5.11. The summed E-state index contributed by atoms with van der Waals surface area (Å²) in [6.07, 6.45) is 4.71. The van der Waals surface area contributed by atoms with Crippen LogP contribution >= 0.6 is 0 Å². The smallest absolute Gasteiger partial charge is 0.253 e. The number of amides is 1. The van der Waals surface area contributed by atoms with Crippen molar-refractivity contribution in [1.29, 1.82) is 0 Å². The second-order valence-corrected chi connectivity index (χ2v) is 7.99. The van der Waals surface area contributed by atoms with E-state index in [1.807, 2.05) is 42.4 Å². The zero-order valence-electron chi connectivity index (χ0n) is 16.5. The molecule has 1 amide bonds. The number of rotatable bonds is 2. The second-order valence-electron chi connectivity index (χ2n) is 7.99. The number of nitrogens with zero attached hydrogens (tertiary/aromatic N) is 3. The maximum atomic E-state index is 13.1. The Morgan fingerprint density at radius 3 is 2.86 bits per heavy atom. The second kappa shape index (κ2) is 6.48. The number of hydrogen-bond acceptors (Lipinski definition) is 4. The van der Waals surface area contributed by atoms with Gasteiger partial charge in [-0.1, -0.05) is 6.92 Å². The highest BCUT2D eigenvalue weighted by molar-refractivity contribution is 5.98. The topological polar surface area (TPSA) is 65.4 Å². The van der Waals surface area contributed by atoms with E-state index < -0.39 is 0 Å². The number of H-pyrrole nitrogens is 1. The van der Waals surface area contributed by atoms with E-state index in [1.165, 1.54) is 11.4 Å². The number of benzene rings is 1. The maximum Gasteiger partial charge on any atom is 0.253 e. The van der Waals surface area contributed by atoms with Gasteiger partial charge in [-0.2, -0.15) is 0 Å². The number of carbonyl (C=O) groups is 1. The molecule has 1 fully saturated rings. The van der Waals surface area contributed by atoms with Crippen LogP contribution in [0.5, 0.6) is 0 Å². The Bertz CT molecular complexity index is 1030. The summed E-state index contributed by atoms with van der Waals surface area (Å²) in [7, 11) is 0. The van der Waals surface area contributed by atoms with Crippen molar-refractivity contribution in [3.05, 3.63) is 53.3 Å². The molecule has 0 aliphatic carbocycles. The molecular weight excluding hydrogens is 352 g/mol. The van der Waals surface area contributed by atoms with Gasteiger partial charge >= 0.3 is 0 Å². The van der Waals surface area contributed by atoms with Gasteiger partial charge in [-0.3, -0.25) is 9.69 Å². The number of likely N-dealkylation sites (tertiary alicyclic amines) is 1. The van der Waals surface area contributed by atoms with Crippen molar-refractivity contribution in [3.8, 4) is 0 Å². The first-order chi connectivity index (χ1) is 13.6. The lowest BCUT2D eigenvalue weighted by atomic mass is 9.78. The third-order valence-corrected chi connectivity index (χ3v) is 6.54. The molecule has 28 heavy (non-hydrogen) atoms. The van der Waals surface area contributed by atoms with Crippen LogP contribution in [0.1, 0.15) is 47.3 Å². The van der Waals surface area contributed by atoms with Gasteiger partial charge in [0.05, 0.1) is 17.6 Å². The SMILES string of the molecule is CCN1CCc2[nH]cnc2C12CCN(C(=O)c1ccc3oc(C)cc3c1)CC2. The largest absolute Gasteiger partial charge is 0.461 e. The molecule has 0 radical (unpaired) electrons. The van der Waals surface area contributed by atoms with Crippen molar-refractivity contribution in [1.82, 2.24) is 19.8 Å². The van der Waals surface area contributed by atoms with E-state index in [4.69, 9.17) is 4.42 Å². The number of nitrogens with one attached hydrogen (secondary N) is 1. The Morgan fingerprint density at radius 1 is 1.25 bits per heavy atom. The van der Waals surface area contributed by atoms with Gasteiger partial charge in [0.15, 0.2) is 0 Å². The van der Waals surface area contributed by atoms with Gasteiger partial charge in [0, 0.05) is 42.7 Å². The first-order valence-corrected chi connectivity index (χ1v) is 10.2. The summed E-state index contributed by atoms with van der Waals surface area (Å²) in [6.45, 7) is 7.72. The number of aromatic nitrogens is 2. The molecule has 1 N–H and O–H groups in total. The quantitative estimate of drug-likeness (QED) is 0.742. The number of likely N-dealkylation sites (N-methyl/N-ethyl adjacent to an activating group) is 1. The summed E-state index contributed by atoms with van der Waals surface area (Å²) < 4.78 is 5.63. The molecule has 5 rings (SSSR count). The van der Waals surface area contributed by atoms with Crippen LogP contribution in [-0.4, -0.2) is 51.9 Å². The minimum atomic E-state index is -0.0370. The Kier molecular flexibility index (Phi) is 4.05. The summed E-state index contributed by atoms with van der Waals surface area (Å²) in [5.74, 6) is 0.975. The van der Waals surface area contributed by atoms with E-state index in [2.05, 4.69) is 21.8 Å². The molecule has 2 aliphatic heterocycles. The van der Waals surface area contributed by atoms with E-state index in [9.17, 15) is 4.79 Å². The maximum absolute atomic E-state index is 13.1. The van der Waals surface area contributed by atoms with E-state index in [0.717, 1.165) is 67.7 Å². The molecule has 0 atom stereocenters. The van der Waals surface area contributed by atoms with Gasteiger partial charge in [-0.15, -0.1) is 0 Å². The molecule has 1 aromatic carbocycles. The zero-order valence-corrected chi connectivity index (χ0v) is 16.5. The normalized spacial score (nSPS) is 19.3. The average Bonchev–Trinajstić information content (AvgIpc) is 3.34. The molecule has 6 nitrogen and oxygen atoms in total. The highest BCUT2D eigenvalue weighted by Gasteiger charge is 2.46. The average molecular weight is 378 g/mol. The number of hydrogen-bond donors (Lipinski definition) is 1. The fraction of sp³-hybridized carbons (Fsp3) is 0.455. The van der Waals surface area contributed by atoms with Gasteiger partial charge in [0.1, 0.15) is 11.3 Å². The van der Waals surface area contributed by atoms with E-state index in [0.29, 0.717) is 0 Å². The Labute approximate surface area is 164 Å². The number of aromatic amines is 1. The third-order valence-electron chi connectivity index (χ3n) is 6.54. The molecule has 1 saturated heterocycles. The number of fused-ring (bicyclic) bond motifs is 3. The summed E-state index contributed by atoms with van der Waals surface area (Å²) in [4.78, 5) is 25.7. The lowest BCUT2D eigenvalue weighted by molar-refractivity contribution is 0.0103. The molecule has 6 heteroatoms. The number of imidazole rings is 1. The molecule has 3 aromatic rings. The van der Waals surface area contributed by atoms with E-state index >= 15 is 0 Å². The van der Waals surface area contributed by atoms with Crippen molar-refractivity contribution in [2.45, 2.75) is 38.6 Å². The van der Waals surface area contributed by atoms with Crippen molar-refractivity contribution in [2.75, 3.05) is 26.2 Å². The van der Waals surface area contributed by atoms with Crippen LogP contribution in [0.3, 0.4) is 0 Å². The first-order valence-electron chi connectivity index (χ1n) is 10.2. The van der Waals surface area contributed by atoms with Crippen molar-refractivity contribution >= 4 is 16.9 Å². The molecule has 146 valence electrons. The molecule has 2 aromatic heterocycles. The number of piperidine rings is 1. The molecule has 0 bridgehead atoms. The summed E-state index contributed by atoms with van der Waals surface area (Å²) in [5, 5.41) is 0.988. The highest BCUT2D eigenvalue weighted by Crippen LogP contribution is 2.42. The van der Waals surface area contributed by atoms with Crippen LogP contribution < -0.4 is 0 Å². The third kappa shape index (κ3) is 2.58. The Morgan fingerprint density at radius 2 is 2.07 bits per heavy atom. The first kappa shape index (κ1) is 17.5. The van der Waals surface area contributed by atoms with Crippen molar-refractivity contribution in [2.24, 2.45) is 0 Å². The minimum Gasteiger partial charge on any atom is -0.461 e. The standard InChI is InChI=1S/C22H26N4O2/c1-3-26-9-6-18-20(24-14-23-18)22(26)7-10-25(11-8-22)21(27)16-4-5-19-17(13-16)12-15(2)28-19/h4-5,12-14H,3,6-11H2,1-2H3,(H,23,24). The lowest BCUT2D eigenvalue weighted by Gasteiger charge is -2.50. The Hall–Kier alpha value is -2.60. The molecular formula is C22H26N4O2. The van der Waals surface area contributed by atoms with E-state index in [-0.39, 0.29) is 11.4 Å². The van der Waals surface area contributed by atoms with Crippen LogP contribution in [0.4, 0.5) is 0 Å². The summed E-state index contributed by atoms with van der Waals surface area (Å²) in [5.41, 5.74) is 4.00. The number of carbonyl (C=O) groups excluding carboxylic acids is 1. The van der Waals surface area contributed by atoms with Gasteiger partial charge in [-0.05, 0) is 50.6 Å². The predicted molar refractivity (Wildman–Crippen MR) is 107 cm³/mol.